The Bertz CT molecular complexity index is 758. The Morgan fingerprint density at radius 1 is 1.40 bits per heavy atom. The molecular weight excluding hydrogens is 270 g/mol. The van der Waals surface area contributed by atoms with Gasteiger partial charge in [-0.1, -0.05) is 0 Å². The van der Waals surface area contributed by atoms with Gasteiger partial charge >= 0.3 is 0 Å². The molecule has 5 nitrogen and oxygen atoms in total. The van der Waals surface area contributed by atoms with E-state index >= 15 is 0 Å². The quantitative estimate of drug-likeness (QED) is 0.752. The van der Waals surface area contributed by atoms with Crippen LogP contribution in [0.15, 0.2) is 24.5 Å². The van der Waals surface area contributed by atoms with Crippen molar-refractivity contribution in [3.05, 3.63) is 35.4 Å². The van der Waals surface area contributed by atoms with Crippen LogP contribution in [0.3, 0.4) is 0 Å². The molecule has 6 heteroatoms. The third kappa shape index (κ3) is 2.22. The van der Waals surface area contributed by atoms with Gasteiger partial charge in [0.2, 0.25) is 0 Å². The fourth-order valence-electron chi connectivity index (χ4n) is 2.27. The van der Waals surface area contributed by atoms with Gasteiger partial charge in [0.05, 0.1) is 33.1 Å². The van der Waals surface area contributed by atoms with Gasteiger partial charge in [0, 0.05) is 26.5 Å². The van der Waals surface area contributed by atoms with Crippen molar-refractivity contribution in [1.29, 1.82) is 0 Å². The number of hydrogen-bond acceptors (Lipinski definition) is 5. The molecule has 0 spiro atoms. The van der Waals surface area contributed by atoms with E-state index in [0.717, 1.165) is 32.4 Å². The highest BCUT2D eigenvalue weighted by atomic mass is 32.1. The average Bonchev–Trinajstić information content (AvgIpc) is 2.93. The zero-order valence-electron chi connectivity index (χ0n) is 11.8. The largest absolute Gasteiger partial charge is 0.397 e. The number of hydrogen-bond donors (Lipinski definition) is 1. The van der Waals surface area contributed by atoms with Crippen LogP contribution < -0.4 is 10.6 Å². The lowest BCUT2D eigenvalue weighted by Gasteiger charge is -2.20. The number of nitrogens with two attached hydrogens (primary N) is 1. The molecule has 104 valence electrons. The molecule has 3 aromatic rings. The van der Waals surface area contributed by atoms with Gasteiger partial charge in [-0.15, -0.1) is 11.3 Å². The van der Waals surface area contributed by atoms with E-state index in [0.29, 0.717) is 6.54 Å². The van der Waals surface area contributed by atoms with E-state index in [2.05, 4.69) is 20.9 Å². The fourth-order valence-corrected chi connectivity index (χ4v) is 3.13. The lowest BCUT2D eigenvalue weighted by molar-refractivity contribution is 0.762. The summed E-state index contributed by atoms with van der Waals surface area (Å²) < 4.78 is 3.15. The van der Waals surface area contributed by atoms with Crippen molar-refractivity contribution in [3.8, 4) is 0 Å². The molecule has 20 heavy (non-hydrogen) atoms. The molecule has 3 rings (SSSR count). The van der Waals surface area contributed by atoms with E-state index in [9.17, 15) is 0 Å². The van der Waals surface area contributed by atoms with Gasteiger partial charge < -0.3 is 15.2 Å². The minimum atomic E-state index is 0.711. The first-order valence-electron chi connectivity index (χ1n) is 6.38. The summed E-state index contributed by atoms with van der Waals surface area (Å²) >= 11 is 1.67. The number of anilines is 2. The molecule has 0 radical (unpaired) electrons. The van der Waals surface area contributed by atoms with Crippen LogP contribution in [0.1, 0.15) is 10.8 Å². The summed E-state index contributed by atoms with van der Waals surface area (Å²) in [6, 6.07) is 4.06. The van der Waals surface area contributed by atoms with Gasteiger partial charge in [0.15, 0.2) is 0 Å². The summed E-state index contributed by atoms with van der Waals surface area (Å²) in [7, 11) is 4.01. The van der Waals surface area contributed by atoms with Crippen molar-refractivity contribution in [2.45, 2.75) is 13.5 Å². The molecule has 0 aliphatic carbocycles. The minimum absolute atomic E-state index is 0.711. The maximum atomic E-state index is 6.17. The Morgan fingerprint density at radius 3 is 2.90 bits per heavy atom. The number of thiazole rings is 1. The first-order chi connectivity index (χ1) is 9.54. The third-order valence-corrected chi connectivity index (χ3v) is 4.29. The van der Waals surface area contributed by atoms with Crippen LogP contribution >= 0.6 is 11.3 Å². The third-order valence-electron chi connectivity index (χ3n) is 3.35. The van der Waals surface area contributed by atoms with Gasteiger partial charge in [-0.25, -0.2) is 9.97 Å². The number of imidazole rings is 1. The fraction of sp³-hybridized carbons (Fsp3) is 0.286. The molecule has 1 aromatic carbocycles. The molecule has 2 heterocycles. The molecule has 0 saturated heterocycles. The molecule has 0 fully saturated rings. The topological polar surface area (TPSA) is 60.0 Å². The SMILES string of the molecule is Cc1nc2cc(N(C)Cc3nccn3C)c(N)cc2s1. The number of nitrogens with zero attached hydrogens (tertiary/aromatic N) is 4. The summed E-state index contributed by atoms with van der Waals surface area (Å²) in [6.07, 6.45) is 3.75. The molecule has 0 aliphatic heterocycles. The first kappa shape index (κ1) is 12.9. The number of fused-ring (bicyclic) bond motifs is 1. The first-order valence-corrected chi connectivity index (χ1v) is 7.20. The summed E-state index contributed by atoms with van der Waals surface area (Å²) in [5, 5.41) is 1.06. The molecule has 2 aromatic heterocycles. The van der Waals surface area contributed by atoms with Crippen molar-refractivity contribution in [2.75, 3.05) is 17.7 Å². The zero-order chi connectivity index (χ0) is 14.3. The van der Waals surface area contributed by atoms with Gasteiger partial charge in [0.1, 0.15) is 5.82 Å². The number of aromatic nitrogens is 3. The van der Waals surface area contributed by atoms with E-state index in [1.807, 2.05) is 37.8 Å². The number of aryl methyl sites for hydroxylation is 2. The molecule has 0 saturated carbocycles. The van der Waals surface area contributed by atoms with Crippen LogP contribution in [0.4, 0.5) is 11.4 Å². The van der Waals surface area contributed by atoms with Crippen LogP contribution in [-0.4, -0.2) is 21.6 Å². The maximum Gasteiger partial charge on any atom is 0.127 e. The Balaban J connectivity index is 1.96. The summed E-state index contributed by atoms with van der Waals surface area (Å²) in [4.78, 5) is 11.0. The van der Waals surface area contributed by atoms with Crippen LogP contribution in [0.5, 0.6) is 0 Å². The molecule has 0 atom stereocenters. The zero-order valence-corrected chi connectivity index (χ0v) is 12.6. The molecule has 0 amide bonds. The second kappa shape index (κ2) is 4.79. The van der Waals surface area contributed by atoms with E-state index in [-0.39, 0.29) is 0 Å². The van der Waals surface area contributed by atoms with E-state index in [1.165, 1.54) is 0 Å². The lowest BCUT2D eigenvalue weighted by atomic mass is 10.2. The number of rotatable bonds is 3. The highest BCUT2D eigenvalue weighted by Crippen LogP contribution is 2.31. The molecule has 2 N–H and O–H groups in total. The van der Waals surface area contributed by atoms with E-state index < -0.39 is 0 Å². The molecule has 0 unspecified atom stereocenters. The van der Waals surface area contributed by atoms with Crippen LogP contribution in [0.2, 0.25) is 0 Å². The summed E-state index contributed by atoms with van der Waals surface area (Å²) in [5.41, 5.74) is 8.94. The van der Waals surface area contributed by atoms with Crippen molar-refractivity contribution >= 4 is 32.9 Å². The summed E-state index contributed by atoms with van der Waals surface area (Å²) in [5.74, 6) is 1.00. The average molecular weight is 287 g/mol. The van der Waals surface area contributed by atoms with Gasteiger partial charge in [-0.2, -0.15) is 0 Å². The summed E-state index contributed by atoms with van der Waals surface area (Å²) in [6.45, 7) is 2.72. The highest BCUT2D eigenvalue weighted by molar-refractivity contribution is 7.18. The monoisotopic (exact) mass is 287 g/mol. The molecule has 0 bridgehead atoms. The Morgan fingerprint density at radius 2 is 2.20 bits per heavy atom. The van der Waals surface area contributed by atoms with E-state index in [4.69, 9.17) is 5.73 Å². The second-order valence-electron chi connectivity index (χ2n) is 4.92. The number of nitrogen functional groups attached to an aromatic ring is 1. The van der Waals surface area contributed by atoms with Gasteiger partial charge in [0.25, 0.3) is 0 Å². The predicted octanol–water partition coefficient (Wildman–Crippen LogP) is 2.56. The Kier molecular flexibility index (Phi) is 3.10. The Hall–Kier alpha value is -2.08. The van der Waals surface area contributed by atoms with Gasteiger partial charge in [-0.05, 0) is 19.1 Å². The minimum Gasteiger partial charge on any atom is -0.397 e. The molecule has 0 aliphatic rings. The van der Waals surface area contributed by atoms with Crippen LogP contribution in [-0.2, 0) is 13.6 Å². The Labute approximate surface area is 121 Å². The highest BCUT2D eigenvalue weighted by Gasteiger charge is 2.12. The molecular formula is C14H17N5S. The van der Waals surface area contributed by atoms with Crippen molar-refractivity contribution in [1.82, 2.24) is 14.5 Å². The van der Waals surface area contributed by atoms with Crippen LogP contribution in [0, 0.1) is 6.92 Å². The van der Waals surface area contributed by atoms with Crippen molar-refractivity contribution < 1.29 is 0 Å². The van der Waals surface area contributed by atoms with Gasteiger partial charge in [-0.3, -0.25) is 0 Å². The van der Waals surface area contributed by atoms with Crippen LogP contribution in [0.25, 0.3) is 10.2 Å². The normalized spacial score (nSPS) is 11.2. The predicted molar refractivity (Wildman–Crippen MR) is 84.1 cm³/mol. The maximum absolute atomic E-state index is 6.17. The van der Waals surface area contributed by atoms with Crippen molar-refractivity contribution in [3.63, 3.8) is 0 Å². The van der Waals surface area contributed by atoms with E-state index in [1.54, 1.807) is 17.5 Å². The lowest BCUT2D eigenvalue weighted by Crippen LogP contribution is -2.20. The smallest absolute Gasteiger partial charge is 0.127 e. The number of benzene rings is 1. The second-order valence-corrected chi connectivity index (χ2v) is 6.16. The standard InChI is InChI=1S/C14H17N5S/c1-9-17-11-7-12(10(15)6-13(11)20-9)19(3)8-14-16-4-5-18(14)2/h4-7H,8,15H2,1-3H3. The van der Waals surface area contributed by atoms with Crippen molar-refractivity contribution in [2.24, 2.45) is 7.05 Å².